The summed E-state index contributed by atoms with van der Waals surface area (Å²) in [7, 11) is 0. The van der Waals surface area contributed by atoms with E-state index in [1.165, 1.54) is 12.8 Å². The SMILES string of the molecule is Cc1noc(CN2CCCC2CN2CC(C)OC(C)C2)n1. The topological polar surface area (TPSA) is 54.6 Å². The molecule has 2 aliphatic heterocycles. The Hall–Kier alpha value is -0.980. The summed E-state index contributed by atoms with van der Waals surface area (Å²) < 4.78 is 11.1. The fraction of sp³-hybridized carbons (Fsp3) is 0.867. The maximum absolute atomic E-state index is 5.82. The van der Waals surface area contributed by atoms with Gasteiger partial charge in [-0.2, -0.15) is 4.98 Å². The Labute approximate surface area is 126 Å². The van der Waals surface area contributed by atoms with E-state index < -0.39 is 0 Å². The van der Waals surface area contributed by atoms with Crippen molar-refractivity contribution in [1.82, 2.24) is 19.9 Å². The fourth-order valence-corrected chi connectivity index (χ4v) is 3.62. The summed E-state index contributed by atoms with van der Waals surface area (Å²) in [5.41, 5.74) is 0. The summed E-state index contributed by atoms with van der Waals surface area (Å²) in [6, 6.07) is 0.592. The summed E-state index contributed by atoms with van der Waals surface area (Å²) in [5.74, 6) is 1.46. The van der Waals surface area contributed by atoms with Crippen LogP contribution in [0.15, 0.2) is 4.52 Å². The number of aromatic nitrogens is 2. The van der Waals surface area contributed by atoms with E-state index in [9.17, 15) is 0 Å². The Morgan fingerprint density at radius 2 is 2.00 bits per heavy atom. The third kappa shape index (κ3) is 3.81. The Morgan fingerprint density at radius 3 is 2.67 bits per heavy atom. The molecule has 0 radical (unpaired) electrons. The number of aryl methyl sites for hydroxylation is 1. The van der Waals surface area contributed by atoms with Crippen molar-refractivity contribution < 1.29 is 9.26 Å². The Balaban J connectivity index is 1.56. The van der Waals surface area contributed by atoms with Crippen LogP contribution in [0.4, 0.5) is 0 Å². The molecule has 2 fully saturated rings. The number of nitrogens with zero attached hydrogens (tertiary/aromatic N) is 4. The first-order valence-corrected chi connectivity index (χ1v) is 8.01. The molecule has 21 heavy (non-hydrogen) atoms. The van der Waals surface area contributed by atoms with Crippen molar-refractivity contribution in [3.8, 4) is 0 Å². The van der Waals surface area contributed by atoms with Crippen LogP contribution >= 0.6 is 0 Å². The second-order valence-corrected chi connectivity index (χ2v) is 6.48. The lowest BCUT2D eigenvalue weighted by Gasteiger charge is -2.38. The first-order chi connectivity index (χ1) is 10.1. The highest BCUT2D eigenvalue weighted by atomic mass is 16.5. The first-order valence-electron chi connectivity index (χ1n) is 8.01. The molecule has 6 nitrogen and oxygen atoms in total. The van der Waals surface area contributed by atoms with E-state index in [2.05, 4.69) is 33.8 Å². The van der Waals surface area contributed by atoms with Gasteiger partial charge in [0.2, 0.25) is 5.89 Å². The quantitative estimate of drug-likeness (QED) is 0.838. The molecule has 0 aromatic carbocycles. The highest BCUT2D eigenvalue weighted by Gasteiger charge is 2.30. The van der Waals surface area contributed by atoms with E-state index in [1.807, 2.05) is 6.92 Å². The maximum atomic E-state index is 5.82. The average molecular weight is 294 g/mol. The van der Waals surface area contributed by atoms with Crippen LogP contribution in [-0.4, -0.2) is 64.4 Å². The zero-order chi connectivity index (χ0) is 14.8. The summed E-state index contributed by atoms with van der Waals surface area (Å²) in [6.45, 7) is 11.3. The van der Waals surface area contributed by atoms with Gasteiger partial charge in [0.25, 0.3) is 0 Å². The minimum Gasteiger partial charge on any atom is -0.373 e. The standard InChI is InChI=1S/C15H26N4O2/c1-11-7-18(8-12(2)20-11)9-14-5-4-6-19(14)10-15-16-13(3)17-21-15/h11-12,14H,4-10H2,1-3H3. The van der Waals surface area contributed by atoms with Crippen LogP contribution < -0.4 is 0 Å². The molecule has 3 rings (SSSR count). The van der Waals surface area contributed by atoms with Crippen LogP contribution in [0.2, 0.25) is 0 Å². The van der Waals surface area contributed by atoms with Gasteiger partial charge >= 0.3 is 0 Å². The molecule has 0 N–H and O–H groups in total. The van der Waals surface area contributed by atoms with Gasteiger partial charge in [-0.1, -0.05) is 5.16 Å². The van der Waals surface area contributed by atoms with Gasteiger partial charge in [0.1, 0.15) is 0 Å². The van der Waals surface area contributed by atoms with Crippen molar-refractivity contribution in [2.75, 3.05) is 26.2 Å². The zero-order valence-corrected chi connectivity index (χ0v) is 13.3. The van der Waals surface area contributed by atoms with Gasteiger partial charge in [-0.3, -0.25) is 9.80 Å². The number of hydrogen-bond donors (Lipinski definition) is 0. The van der Waals surface area contributed by atoms with Crippen molar-refractivity contribution in [2.24, 2.45) is 0 Å². The monoisotopic (exact) mass is 294 g/mol. The first kappa shape index (κ1) is 14.9. The summed E-state index contributed by atoms with van der Waals surface area (Å²) in [6.07, 6.45) is 3.19. The van der Waals surface area contributed by atoms with Gasteiger partial charge < -0.3 is 9.26 Å². The van der Waals surface area contributed by atoms with Crippen LogP contribution in [0.1, 0.15) is 38.4 Å². The Kier molecular flexibility index (Phi) is 4.57. The number of ether oxygens (including phenoxy) is 1. The van der Waals surface area contributed by atoms with Crippen LogP contribution in [0.5, 0.6) is 0 Å². The lowest BCUT2D eigenvalue weighted by molar-refractivity contribution is -0.0726. The Bertz CT molecular complexity index is 454. The molecule has 0 spiro atoms. The molecule has 118 valence electrons. The van der Waals surface area contributed by atoms with E-state index in [4.69, 9.17) is 9.26 Å². The summed E-state index contributed by atoms with van der Waals surface area (Å²) in [5, 5.41) is 3.88. The zero-order valence-electron chi connectivity index (χ0n) is 13.3. The largest absolute Gasteiger partial charge is 0.373 e. The highest BCUT2D eigenvalue weighted by molar-refractivity contribution is 4.89. The predicted octanol–water partition coefficient (Wildman–Crippen LogP) is 1.45. The van der Waals surface area contributed by atoms with E-state index in [1.54, 1.807) is 0 Å². The van der Waals surface area contributed by atoms with E-state index in [0.29, 0.717) is 18.2 Å². The average Bonchev–Trinajstić information content (AvgIpc) is 2.99. The second-order valence-electron chi connectivity index (χ2n) is 6.48. The third-order valence-electron chi connectivity index (χ3n) is 4.37. The van der Waals surface area contributed by atoms with Crippen LogP contribution in [0.25, 0.3) is 0 Å². The molecule has 3 unspecified atom stereocenters. The Morgan fingerprint density at radius 1 is 1.24 bits per heavy atom. The van der Waals surface area contributed by atoms with Crippen molar-refractivity contribution >= 4 is 0 Å². The number of hydrogen-bond acceptors (Lipinski definition) is 6. The summed E-state index contributed by atoms with van der Waals surface area (Å²) in [4.78, 5) is 9.35. The van der Waals surface area contributed by atoms with Gasteiger partial charge in [0.05, 0.1) is 18.8 Å². The van der Waals surface area contributed by atoms with Crippen LogP contribution in [-0.2, 0) is 11.3 Å². The van der Waals surface area contributed by atoms with Gasteiger partial charge in [-0.05, 0) is 40.2 Å². The maximum Gasteiger partial charge on any atom is 0.240 e. The van der Waals surface area contributed by atoms with Crippen LogP contribution in [0.3, 0.4) is 0 Å². The van der Waals surface area contributed by atoms with E-state index in [0.717, 1.165) is 44.4 Å². The minimum atomic E-state index is 0.335. The third-order valence-corrected chi connectivity index (χ3v) is 4.37. The lowest BCUT2D eigenvalue weighted by Crippen LogP contribution is -2.50. The van der Waals surface area contributed by atoms with Crippen molar-refractivity contribution in [3.63, 3.8) is 0 Å². The van der Waals surface area contributed by atoms with Crippen molar-refractivity contribution in [1.29, 1.82) is 0 Å². The van der Waals surface area contributed by atoms with Gasteiger partial charge in [0.15, 0.2) is 5.82 Å². The van der Waals surface area contributed by atoms with Crippen molar-refractivity contribution in [3.05, 3.63) is 11.7 Å². The minimum absolute atomic E-state index is 0.335. The molecule has 0 bridgehead atoms. The van der Waals surface area contributed by atoms with E-state index >= 15 is 0 Å². The van der Waals surface area contributed by atoms with Crippen molar-refractivity contribution in [2.45, 2.75) is 58.4 Å². The normalized spacial score (nSPS) is 31.9. The molecule has 3 atom stereocenters. The molecule has 3 heterocycles. The molecule has 1 aromatic heterocycles. The molecule has 2 saturated heterocycles. The summed E-state index contributed by atoms with van der Waals surface area (Å²) >= 11 is 0. The number of morpholine rings is 1. The molecular weight excluding hydrogens is 268 g/mol. The molecule has 2 aliphatic rings. The van der Waals surface area contributed by atoms with Gasteiger partial charge in [0, 0.05) is 25.7 Å². The molecule has 0 amide bonds. The smallest absolute Gasteiger partial charge is 0.240 e. The number of rotatable bonds is 4. The van der Waals surface area contributed by atoms with Crippen LogP contribution in [0, 0.1) is 6.92 Å². The predicted molar refractivity (Wildman–Crippen MR) is 78.9 cm³/mol. The second kappa shape index (κ2) is 6.42. The van der Waals surface area contributed by atoms with Gasteiger partial charge in [-0.25, -0.2) is 0 Å². The molecule has 0 saturated carbocycles. The molecule has 1 aromatic rings. The molecule has 0 aliphatic carbocycles. The number of likely N-dealkylation sites (tertiary alicyclic amines) is 1. The van der Waals surface area contributed by atoms with E-state index in [-0.39, 0.29) is 0 Å². The molecule has 6 heteroatoms. The lowest BCUT2D eigenvalue weighted by atomic mass is 10.1. The van der Waals surface area contributed by atoms with Gasteiger partial charge in [-0.15, -0.1) is 0 Å². The fourth-order valence-electron chi connectivity index (χ4n) is 3.62. The molecular formula is C15H26N4O2. The highest BCUT2D eigenvalue weighted by Crippen LogP contribution is 2.22.